The van der Waals surface area contributed by atoms with Crippen molar-refractivity contribution in [2.24, 2.45) is 5.84 Å². The van der Waals surface area contributed by atoms with Crippen LogP contribution < -0.4 is 16.6 Å². The molecule has 1 fully saturated rings. The predicted molar refractivity (Wildman–Crippen MR) is 44.0 cm³/mol. The van der Waals surface area contributed by atoms with Crippen LogP contribution >= 0.6 is 0 Å². The first-order chi connectivity index (χ1) is 6.07. The number of nitrogens with two attached hydrogens (primary N) is 1. The van der Waals surface area contributed by atoms with E-state index in [9.17, 15) is 4.79 Å². The molecule has 0 spiro atoms. The van der Waals surface area contributed by atoms with Gasteiger partial charge in [-0.3, -0.25) is 10.2 Å². The molecule has 0 aromatic heterocycles. The summed E-state index contributed by atoms with van der Waals surface area (Å²) >= 11 is 0. The average molecular weight is 191 g/mol. The largest absolute Gasteiger partial charge is 0.480 e. The third-order valence-corrected chi connectivity index (χ3v) is 1.48. The van der Waals surface area contributed by atoms with Gasteiger partial charge in [-0.1, -0.05) is 0 Å². The molecule has 0 aromatic rings. The highest BCUT2D eigenvalue weighted by Crippen LogP contribution is 2.03. The molecule has 0 aromatic carbocycles. The van der Waals surface area contributed by atoms with Gasteiger partial charge in [0.15, 0.2) is 0 Å². The summed E-state index contributed by atoms with van der Waals surface area (Å²) in [5.74, 6) is 3.60. The van der Waals surface area contributed by atoms with Crippen LogP contribution in [0.1, 0.15) is 12.8 Å². The Morgan fingerprint density at radius 3 is 2.15 bits per heavy atom. The number of amides is 1. The van der Waals surface area contributed by atoms with E-state index < -0.39 is 12.1 Å². The van der Waals surface area contributed by atoms with Crippen molar-refractivity contribution in [2.45, 2.75) is 18.9 Å². The van der Waals surface area contributed by atoms with Crippen LogP contribution in [0.25, 0.3) is 0 Å². The molecule has 1 aliphatic rings. The van der Waals surface area contributed by atoms with Gasteiger partial charge in [0.05, 0.1) is 0 Å². The Labute approximate surface area is 74.9 Å². The van der Waals surface area contributed by atoms with Crippen LogP contribution in [0.3, 0.4) is 0 Å². The Kier molecular flexibility index (Phi) is 5.57. The van der Waals surface area contributed by atoms with Crippen molar-refractivity contribution in [2.75, 3.05) is 6.54 Å². The Morgan fingerprint density at radius 1 is 1.46 bits per heavy atom. The predicted octanol–water partition coefficient (Wildman–Crippen LogP) is -1.05. The second-order valence-corrected chi connectivity index (χ2v) is 2.44. The van der Waals surface area contributed by atoms with Crippen molar-refractivity contribution in [3.63, 3.8) is 0 Å². The summed E-state index contributed by atoms with van der Waals surface area (Å²) in [7, 11) is 0. The summed E-state index contributed by atoms with van der Waals surface area (Å²) < 4.78 is 0. The van der Waals surface area contributed by atoms with Crippen LogP contribution in [-0.2, 0) is 4.79 Å². The minimum absolute atomic E-state index is 0.269. The molecule has 1 atom stereocenters. The van der Waals surface area contributed by atoms with E-state index in [0.717, 1.165) is 19.4 Å². The van der Waals surface area contributed by atoms with Crippen LogP contribution in [-0.4, -0.2) is 34.9 Å². The number of carbonyl (C=O) groups is 2. The zero-order chi connectivity index (χ0) is 10.3. The molecule has 0 radical (unpaired) electrons. The summed E-state index contributed by atoms with van der Waals surface area (Å²) in [6.45, 7) is 0.858. The maximum atomic E-state index is 10.1. The fourth-order valence-corrected chi connectivity index (χ4v) is 0.895. The van der Waals surface area contributed by atoms with E-state index >= 15 is 0 Å². The van der Waals surface area contributed by atoms with Crippen LogP contribution in [0, 0.1) is 0 Å². The molecule has 1 rings (SSSR count). The maximum absolute atomic E-state index is 10.1. The molecule has 76 valence electrons. The molecule has 1 aliphatic heterocycles. The van der Waals surface area contributed by atoms with Crippen LogP contribution in [0.2, 0.25) is 0 Å². The van der Waals surface area contributed by atoms with Crippen molar-refractivity contribution in [1.82, 2.24) is 10.7 Å². The van der Waals surface area contributed by atoms with Crippen molar-refractivity contribution in [1.29, 1.82) is 0 Å². The lowest BCUT2D eigenvalue weighted by Crippen LogP contribution is -2.29. The van der Waals surface area contributed by atoms with Crippen LogP contribution in [0.15, 0.2) is 0 Å². The van der Waals surface area contributed by atoms with Gasteiger partial charge in [0.2, 0.25) is 0 Å². The van der Waals surface area contributed by atoms with Gasteiger partial charge in [-0.25, -0.2) is 10.6 Å². The Hall–Kier alpha value is -1.34. The molecular formula is C6H13N3O4. The second-order valence-electron chi connectivity index (χ2n) is 2.44. The first kappa shape index (κ1) is 11.7. The maximum Gasteiger partial charge on any atom is 0.418 e. The van der Waals surface area contributed by atoms with E-state index in [0.29, 0.717) is 0 Å². The zero-order valence-electron chi connectivity index (χ0n) is 6.99. The normalized spacial score (nSPS) is 19.9. The van der Waals surface area contributed by atoms with Gasteiger partial charge in [-0.05, 0) is 19.4 Å². The topological polar surface area (TPSA) is 125 Å². The first-order valence-electron chi connectivity index (χ1n) is 3.73. The number of nitrogens with one attached hydrogen (secondary N) is 2. The molecule has 7 heteroatoms. The number of hydrogen-bond acceptors (Lipinski definition) is 4. The van der Waals surface area contributed by atoms with Crippen molar-refractivity contribution >= 4 is 12.1 Å². The van der Waals surface area contributed by atoms with Crippen molar-refractivity contribution in [3.8, 4) is 0 Å². The van der Waals surface area contributed by atoms with E-state index in [1.165, 1.54) is 5.43 Å². The SMILES string of the molecule is NNC(=O)O.O=C(O)[C@@H]1CCCN1. The molecule has 0 bridgehead atoms. The van der Waals surface area contributed by atoms with Gasteiger partial charge in [0.1, 0.15) is 6.04 Å². The molecular weight excluding hydrogens is 178 g/mol. The molecule has 1 amide bonds. The third-order valence-electron chi connectivity index (χ3n) is 1.48. The number of carboxylic acid groups (broad SMARTS) is 2. The molecule has 0 unspecified atom stereocenters. The summed E-state index contributed by atoms with van der Waals surface area (Å²) in [4.78, 5) is 19.3. The van der Waals surface area contributed by atoms with E-state index in [1.54, 1.807) is 0 Å². The zero-order valence-corrected chi connectivity index (χ0v) is 6.99. The lowest BCUT2D eigenvalue weighted by atomic mass is 10.2. The standard InChI is InChI=1S/C5H9NO2.CH4N2O2/c7-5(8)4-2-1-3-6-4;2-3-1(4)5/h4,6H,1-3H2,(H,7,8);3H,2H2,(H,4,5)/t4-;/m0./s1. The monoisotopic (exact) mass is 191 g/mol. The molecule has 6 N–H and O–H groups in total. The fraction of sp³-hybridized carbons (Fsp3) is 0.667. The van der Waals surface area contributed by atoms with Gasteiger partial charge in [0.25, 0.3) is 0 Å². The molecule has 0 aliphatic carbocycles. The highest BCUT2D eigenvalue weighted by molar-refractivity contribution is 5.73. The molecule has 1 heterocycles. The van der Waals surface area contributed by atoms with Gasteiger partial charge in [0, 0.05) is 0 Å². The number of rotatable bonds is 1. The van der Waals surface area contributed by atoms with Crippen molar-refractivity contribution in [3.05, 3.63) is 0 Å². The summed E-state index contributed by atoms with van der Waals surface area (Å²) in [5.41, 5.74) is 1.44. The van der Waals surface area contributed by atoms with Gasteiger partial charge in [-0.2, -0.15) is 0 Å². The lowest BCUT2D eigenvalue weighted by Gasteiger charge is -1.99. The molecule has 7 nitrogen and oxygen atoms in total. The fourth-order valence-electron chi connectivity index (χ4n) is 0.895. The smallest absolute Gasteiger partial charge is 0.418 e. The van der Waals surface area contributed by atoms with Gasteiger partial charge < -0.3 is 15.5 Å². The van der Waals surface area contributed by atoms with Crippen molar-refractivity contribution < 1.29 is 19.8 Å². The third kappa shape index (κ3) is 5.88. The molecule has 0 saturated carbocycles. The van der Waals surface area contributed by atoms with E-state index in [2.05, 4.69) is 11.2 Å². The Bertz CT molecular complexity index is 179. The minimum atomic E-state index is -1.22. The minimum Gasteiger partial charge on any atom is -0.480 e. The quantitative estimate of drug-likeness (QED) is 0.204. The summed E-state index contributed by atoms with van der Waals surface area (Å²) in [5, 5.41) is 18.7. The Balaban J connectivity index is 0.000000252. The molecule has 13 heavy (non-hydrogen) atoms. The number of aliphatic carboxylic acids is 1. The summed E-state index contributed by atoms with van der Waals surface area (Å²) in [6.07, 6.45) is 0.566. The second kappa shape index (κ2) is 6.21. The van der Waals surface area contributed by atoms with Crippen LogP contribution in [0.5, 0.6) is 0 Å². The highest BCUT2D eigenvalue weighted by Gasteiger charge is 2.20. The number of hydrogen-bond donors (Lipinski definition) is 5. The summed E-state index contributed by atoms with van der Waals surface area (Å²) in [6, 6.07) is -0.269. The van der Waals surface area contributed by atoms with E-state index in [4.69, 9.17) is 15.0 Å². The number of hydrazine groups is 1. The van der Waals surface area contributed by atoms with E-state index in [1.807, 2.05) is 0 Å². The first-order valence-corrected chi connectivity index (χ1v) is 3.73. The van der Waals surface area contributed by atoms with Gasteiger partial charge >= 0.3 is 12.1 Å². The average Bonchev–Trinajstić information content (AvgIpc) is 2.57. The molecule has 1 saturated heterocycles. The van der Waals surface area contributed by atoms with Crippen LogP contribution in [0.4, 0.5) is 4.79 Å². The Morgan fingerprint density at radius 2 is 2.00 bits per heavy atom. The lowest BCUT2D eigenvalue weighted by molar-refractivity contribution is -0.139. The van der Waals surface area contributed by atoms with E-state index in [-0.39, 0.29) is 6.04 Å². The van der Waals surface area contributed by atoms with Gasteiger partial charge in [-0.15, -0.1) is 0 Å². The number of carboxylic acids is 1. The highest BCUT2D eigenvalue weighted by atomic mass is 16.4.